The van der Waals surface area contributed by atoms with Gasteiger partial charge in [-0.25, -0.2) is 0 Å². The lowest BCUT2D eigenvalue weighted by Crippen LogP contribution is -2.31. The quantitative estimate of drug-likeness (QED) is 0.840. The number of nitrogens with zero attached hydrogens (tertiary/aromatic N) is 3. The van der Waals surface area contributed by atoms with Gasteiger partial charge in [-0.3, -0.25) is 4.79 Å². The van der Waals surface area contributed by atoms with E-state index in [9.17, 15) is 18.0 Å². The molecule has 6 nitrogen and oxygen atoms in total. The van der Waals surface area contributed by atoms with Gasteiger partial charge >= 0.3 is 12.1 Å². The Morgan fingerprint density at radius 2 is 2.30 bits per heavy atom. The van der Waals surface area contributed by atoms with E-state index in [0.29, 0.717) is 19.6 Å². The zero-order chi connectivity index (χ0) is 14.8. The molecule has 2 heterocycles. The van der Waals surface area contributed by atoms with Gasteiger partial charge in [-0.15, -0.1) is 0 Å². The molecule has 1 aliphatic heterocycles. The Bertz CT molecular complexity index is 475. The first-order valence-electron chi connectivity index (χ1n) is 6.18. The zero-order valence-corrected chi connectivity index (χ0v) is 10.8. The molecule has 0 spiro atoms. The Morgan fingerprint density at radius 3 is 2.90 bits per heavy atom. The van der Waals surface area contributed by atoms with Crippen LogP contribution in [0.5, 0.6) is 0 Å². The molecule has 1 atom stereocenters. The number of amides is 1. The van der Waals surface area contributed by atoms with Crippen molar-refractivity contribution in [3.8, 4) is 0 Å². The predicted octanol–water partition coefficient (Wildman–Crippen LogP) is 1.44. The lowest BCUT2D eigenvalue weighted by atomic mass is 10.1. The van der Waals surface area contributed by atoms with Crippen molar-refractivity contribution in [2.45, 2.75) is 25.4 Å². The number of aromatic nitrogens is 2. The van der Waals surface area contributed by atoms with Crippen LogP contribution in [0.25, 0.3) is 0 Å². The van der Waals surface area contributed by atoms with Crippen molar-refractivity contribution in [1.29, 1.82) is 0 Å². The average Bonchev–Trinajstić information content (AvgIpc) is 3.02. The molecule has 0 N–H and O–H groups in total. The van der Waals surface area contributed by atoms with Gasteiger partial charge in [0, 0.05) is 25.6 Å². The Hall–Kier alpha value is -1.64. The van der Waals surface area contributed by atoms with Crippen LogP contribution in [0.1, 0.15) is 31.0 Å². The Labute approximate surface area is 112 Å². The van der Waals surface area contributed by atoms with Crippen molar-refractivity contribution in [1.82, 2.24) is 15.0 Å². The largest absolute Gasteiger partial charge is 0.471 e. The second-order valence-electron chi connectivity index (χ2n) is 4.42. The third-order valence-corrected chi connectivity index (χ3v) is 3.02. The molecular weight excluding hydrogens is 279 g/mol. The summed E-state index contributed by atoms with van der Waals surface area (Å²) in [5, 5.41) is 3.35. The maximum Gasteiger partial charge on any atom is 0.471 e. The Kier molecular flexibility index (Phi) is 4.26. The summed E-state index contributed by atoms with van der Waals surface area (Å²) in [4.78, 5) is 16.6. The molecular formula is C11H14F3N3O3. The molecule has 20 heavy (non-hydrogen) atoms. The lowest BCUT2D eigenvalue weighted by molar-refractivity contribution is -0.159. The zero-order valence-electron chi connectivity index (χ0n) is 10.8. The van der Waals surface area contributed by atoms with Crippen molar-refractivity contribution in [2.75, 3.05) is 26.3 Å². The lowest BCUT2D eigenvalue weighted by Gasteiger charge is -2.15. The van der Waals surface area contributed by atoms with Crippen LogP contribution in [-0.4, -0.2) is 47.3 Å². The van der Waals surface area contributed by atoms with E-state index < -0.39 is 12.1 Å². The van der Waals surface area contributed by atoms with Gasteiger partial charge in [-0.2, -0.15) is 18.2 Å². The summed E-state index contributed by atoms with van der Waals surface area (Å²) in [5.74, 6) is -1.88. The maximum absolute atomic E-state index is 12.4. The smallest absolute Gasteiger partial charge is 0.372 e. The van der Waals surface area contributed by atoms with E-state index in [1.165, 1.54) is 4.90 Å². The minimum atomic E-state index is -4.64. The summed E-state index contributed by atoms with van der Waals surface area (Å²) in [6.45, 7) is 2.92. The Morgan fingerprint density at radius 1 is 1.55 bits per heavy atom. The first-order chi connectivity index (χ1) is 9.41. The van der Waals surface area contributed by atoms with Gasteiger partial charge in [-0.05, 0) is 13.3 Å². The van der Waals surface area contributed by atoms with E-state index in [2.05, 4.69) is 14.7 Å². The number of alkyl halides is 3. The van der Waals surface area contributed by atoms with Crippen molar-refractivity contribution in [3.63, 3.8) is 0 Å². The number of hydrogen-bond acceptors (Lipinski definition) is 5. The maximum atomic E-state index is 12.4. The molecule has 112 valence electrons. The van der Waals surface area contributed by atoms with Crippen LogP contribution in [0, 0.1) is 0 Å². The number of likely N-dealkylation sites (tertiary alicyclic amines) is 1. The third kappa shape index (κ3) is 3.27. The molecule has 1 unspecified atom stereocenters. The van der Waals surface area contributed by atoms with Crippen LogP contribution < -0.4 is 0 Å². The summed E-state index contributed by atoms with van der Waals surface area (Å²) in [6, 6.07) is 0. The molecule has 0 bridgehead atoms. The molecule has 9 heteroatoms. The fourth-order valence-electron chi connectivity index (χ4n) is 1.99. The first kappa shape index (κ1) is 14.8. The van der Waals surface area contributed by atoms with Crippen LogP contribution in [-0.2, 0) is 15.7 Å². The van der Waals surface area contributed by atoms with Gasteiger partial charge in [0.2, 0.25) is 5.91 Å². The van der Waals surface area contributed by atoms with Gasteiger partial charge in [0.25, 0.3) is 0 Å². The van der Waals surface area contributed by atoms with Gasteiger partial charge in [-0.1, -0.05) is 5.16 Å². The van der Waals surface area contributed by atoms with Gasteiger partial charge in [0.05, 0.1) is 0 Å². The van der Waals surface area contributed by atoms with Gasteiger partial charge in [0.1, 0.15) is 6.61 Å². The van der Waals surface area contributed by atoms with Crippen LogP contribution in [0.2, 0.25) is 0 Å². The van der Waals surface area contributed by atoms with Crippen molar-refractivity contribution in [3.05, 3.63) is 11.7 Å². The van der Waals surface area contributed by atoms with Crippen LogP contribution in [0.4, 0.5) is 13.2 Å². The molecule has 2 rings (SSSR count). The highest BCUT2D eigenvalue weighted by molar-refractivity contribution is 5.77. The van der Waals surface area contributed by atoms with Crippen LogP contribution in [0.3, 0.4) is 0 Å². The molecule has 1 aromatic rings. The summed E-state index contributed by atoms with van der Waals surface area (Å²) in [6.07, 6.45) is -4.14. The first-order valence-corrected chi connectivity index (χ1v) is 6.18. The van der Waals surface area contributed by atoms with Crippen LogP contribution in [0.15, 0.2) is 4.52 Å². The molecule has 1 saturated heterocycles. The van der Waals surface area contributed by atoms with E-state index in [0.717, 1.165) is 0 Å². The van der Waals surface area contributed by atoms with E-state index in [1.54, 1.807) is 6.92 Å². The fourth-order valence-corrected chi connectivity index (χ4v) is 1.99. The van der Waals surface area contributed by atoms with E-state index in [-0.39, 0.29) is 30.8 Å². The molecule has 1 amide bonds. The van der Waals surface area contributed by atoms with Crippen molar-refractivity contribution >= 4 is 5.91 Å². The third-order valence-electron chi connectivity index (χ3n) is 3.02. The monoisotopic (exact) mass is 293 g/mol. The van der Waals surface area contributed by atoms with Crippen molar-refractivity contribution in [2.24, 2.45) is 0 Å². The number of carbonyl (C=O) groups excluding carboxylic acids is 1. The van der Waals surface area contributed by atoms with Crippen molar-refractivity contribution < 1.29 is 27.2 Å². The second-order valence-corrected chi connectivity index (χ2v) is 4.42. The topological polar surface area (TPSA) is 68.5 Å². The molecule has 1 fully saturated rings. The predicted molar refractivity (Wildman–Crippen MR) is 59.7 cm³/mol. The SMILES string of the molecule is CCOCC(=O)N1CCC(c2noc(C(F)(F)F)n2)C1. The van der Waals surface area contributed by atoms with Crippen LogP contribution >= 0.6 is 0 Å². The standard InChI is InChI=1S/C11H14F3N3O3/c1-2-19-6-8(18)17-4-3-7(5-17)9-15-10(20-16-9)11(12,13)14/h7H,2-6H2,1H3. The van der Waals surface area contributed by atoms with E-state index in [4.69, 9.17) is 4.74 Å². The minimum absolute atomic E-state index is 0.0102. The number of carbonyl (C=O) groups is 1. The highest BCUT2D eigenvalue weighted by Crippen LogP contribution is 2.31. The summed E-state index contributed by atoms with van der Waals surface area (Å²) < 4.78 is 46.3. The second kappa shape index (κ2) is 5.78. The summed E-state index contributed by atoms with van der Waals surface area (Å²) in [5.41, 5.74) is 0. The average molecular weight is 293 g/mol. The molecule has 0 radical (unpaired) electrons. The molecule has 0 aromatic carbocycles. The highest BCUT2D eigenvalue weighted by atomic mass is 19.4. The number of rotatable bonds is 4. The van der Waals surface area contributed by atoms with Gasteiger partial charge < -0.3 is 14.2 Å². The van der Waals surface area contributed by atoms with Gasteiger partial charge in [0.15, 0.2) is 5.82 Å². The molecule has 1 aromatic heterocycles. The number of halogens is 3. The minimum Gasteiger partial charge on any atom is -0.372 e. The molecule has 0 saturated carbocycles. The van der Waals surface area contributed by atoms with E-state index in [1.807, 2.05) is 0 Å². The normalized spacial score (nSPS) is 19.6. The molecule has 0 aliphatic carbocycles. The number of ether oxygens (including phenoxy) is 1. The summed E-state index contributed by atoms with van der Waals surface area (Å²) >= 11 is 0. The number of hydrogen-bond donors (Lipinski definition) is 0. The highest BCUT2D eigenvalue weighted by Gasteiger charge is 2.40. The fraction of sp³-hybridized carbons (Fsp3) is 0.727. The molecule has 1 aliphatic rings. The Balaban J connectivity index is 1.96. The summed E-state index contributed by atoms with van der Waals surface area (Å²) in [7, 11) is 0. The van der Waals surface area contributed by atoms with E-state index >= 15 is 0 Å².